The molecule has 6 heteroatoms. The standard InChI is InChI=1S/C15H12N2O3S/c1-20-14-5-3-2-4-11(14)10-21-15-7-6-13(17(18)19)8-12(15)9-16/h2-8H,10H2,1H3. The number of nitrogens with zero attached hydrogens (tertiary/aromatic N) is 2. The molecule has 0 aliphatic carbocycles. The van der Waals surface area contributed by atoms with Gasteiger partial charge in [-0.25, -0.2) is 0 Å². The first kappa shape index (κ1) is 14.9. The molecule has 0 fully saturated rings. The van der Waals surface area contributed by atoms with Crippen LogP contribution in [0.1, 0.15) is 11.1 Å². The third-order valence-electron chi connectivity index (χ3n) is 2.87. The van der Waals surface area contributed by atoms with Crippen LogP contribution in [0.3, 0.4) is 0 Å². The number of non-ortho nitro benzene ring substituents is 1. The van der Waals surface area contributed by atoms with E-state index in [2.05, 4.69) is 0 Å². The minimum absolute atomic E-state index is 0.0757. The number of hydrogen-bond acceptors (Lipinski definition) is 5. The number of nitro benzene ring substituents is 1. The SMILES string of the molecule is COc1ccccc1CSc1ccc([N+](=O)[O-])cc1C#N. The maximum atomic E-state index is 10.7. The Labute approximate surface area is 126 Å². The van der Waals surface area contributed by atoms with Gasteiger partial charge in [0.25, 0.3) is 5.69 Å². The molecular formula is C15H12N2O3S. The molecule has 0 bridgehead atoms. The van der Waals surface area contributed by atoms with E-state index in [0.29, 0.717) is 16.2 Å². The lowest BCUT2D eigenvalue weighted by Gasteiger charge is -2.08. The summed E-state index contributed by atoms with van der Waals surface area (Å²) in [6, 6.07) is 13.9. The fourth-order valence-electron chi connectivity index (χ4n) is 1.82. The number of rotatable bonds is 5. The quantitative estimate of drug-likeness (QED) is 0.477. The normalized spacial score (nSPS) is 9.90. The van der Waals surface area contributed by atoms with Crippen LogP contribution in [0.2, 0.25) is 0 Å². The summed E-state index contributed by atoms with van der Waals surface area (Å²) in [5, 5.41) is 19.8. The van der Waals surface area contributed by atoms with Gasteiger partial charge in [-0.15, -0.1) is 11.8 Å². The number of nitro groups is 1. The van der Waals surface area contributed by atoms with Crippen molar-refractivity contribution in [3.8, 4) is 11.8 Å². The monoisotopic (exact) mass is 300 g/mol. The number of methoxy groups -OCH3 is 1. The first-order chi connectivity index (χ1) is 10.2. The molecule has 2 aromatic carbocycles. The fourth-order valence-corrected chi connectivity index (χ4v) is 2.80. The van der Waals surface area contributed by atoms with Crippen molar-refractivity contribution < 1.29 is 9.66 Å². The minimum Gasteiger partial charge on any atom is -0.496 e. The summed E-state index contributed by atoms with van der Waals surface area (Å²) >= 11 is 1.45. The Kier molecular flexibility index (Phi) is 4.80. The second-order valence-corrected chi connectivity index (χ2v) is 5.17. The van der Waals surface area contributed by atoms with E-state index in [0.717, 1.165) is 11.3 Å². The first-order valence-electron chi connectivity index (χ1n) is 6.09. The summed E-state index contributed by atoms with van der Waals surface area (Å²) < 4.78 is 5.27. The number of benzene rings is 2. The van der Waals surface area contributed by atoms with Crippen molar-refractivity contribution >= 4 is 17.4 Å². The molecule has 106 valence electrons. The van der Waals surface area contributed by atoms with Gasteiger partial charge in [-0.05, 0) is 12.1 Å². The Balaban J connectivity index is 2.20. The molecule has 0 aliphatic rings. The Bertz CT molecular complexity index is 710. The zero-order valence-electron chi connectivity index (χ0n) is 11.3. The highest BCUT2D eigenvalue weighted by Crippen LogP contribution is 2.31. The maximum absolute atomic E-state index is 10.7. The zero-order valence-corrected chi connectivity index (χ0v) is 12.1. The average Bonchev–Trinajstić information content (AvgIpc) is 2.52. The van der Waals surface area contributed by atoms with Crippen molar-refractivity contribution in [3.05, 3.63) is 63.7 Å². The lowest BCUT2D eigenvalue weighted by Crippen LogP contribution is -1.92. The lowest BCUT2D eigenvalue weighted by atomic mass is 10.2. The molecule has 0 unspecified atom stereocenters. The molecule has 0 saturated heterocycles. The Morgan fingerprint density at radius 1 is 1.33 bits per heavy atom. The van der Waals surface area contributed by atoms with Crippen molar-refractivity contribution in [2.24, 2.45) is 0 Å². The van der Waals surface area contributed by atoms with Crippen molar-refractivity contribution in [2.75, 3.05) is 7.11 Å². The molecule has 21 heavy (non-hydrogen) atoms. The zero-order chi connectivity index (χ0) is 15.2. The van der Waals surface area contributed by atoms with E-state index in [1.807, 2.05) is 30.3 Å². The van der Waals surface area contributed by atoms with Crippen LogP contribution < -0.4 is 4.74 Å². The van der Waals surface area contributed by atoms with E-state index in [-0.39, 0.29) is 5.69 Å². The van der Waals surface area contributed by atoms with Crippen molar-refractivity contribution in [2.45, 2.75) is 10.6 Å². The molecule has 0 aromatic heterocycles. The van der Waals surface area contributed by atoms with Crippen molar-refractivity contribution in [1.82, 2.24) is 0 Å². The van der Waals surface area contributed by atoms with Gasteiger partial charge in [0, 0.05) is 28.3 Å². The van der Waals surface area contributed by atoms with E-state index < -0.39 is 4.92 Å². The van der Waals surface area contributed by atoms with E-state index in [4.69, 9.17) is 10.00 Å². The fraction of sp³-hybridized carbons (Fsp3) is 0.133. The number of nitriles is 1. The molecule has 0 radical (unpaired) electrons. The first-order valence-corrected chi connectivity index (χ1v) is 7.07. The number of hydrogen-bond donors (Lipinski definition) is 0. The minimum atomic E-state index is -0.504. The average molecular weight is 300 g/mol. The third kappa shape index (κ3) is 3.52. The van der Waals surface area contributed by atoms with Crippen LogP contribution >= 0.6 is 11.8 Å². The molecule has 0 saturated carbocycles. The Hall–Kier alpha value is -2.52. The van der Waals surface area contributed by atoms with Gasteiger partial charge in [0.2, 0.25) is 0 Å². The second kappa shape index (κ2) is 6.77. The van der Waals surface area contributed by atoms with Gasteiger partial charge in [0.1, 0.15) is 11.8 Å². The Morgan fingerprint density at radius 2 is 2.10 bits per heavy atom. The van der Waals surface area contributed by atoms with Gasteiger partial charge < -0.3 is 4.74 Å². The summed E-state index contributed by atoms with van der Waals surface area (Å²) in [6.07, 6.45) is 0. The highest BCUT2D eigenvalue weighted by Gasteiger charge is 2.12. The number of thioether (sulfide) groups is 1. The predicted octanol–water partition coefficient (Wildman–Crippen LogP) is 3.77. The number of ether oxygens (including phenoxy) is 1. The molecule has 0 amide bonds. The molecule has 5 nitrogen and oxygen atoms in total. The summed E-state index contributed by atoms with van der Waals surface area (Å²) in [5.74, 6) is 1.40. The van der Waals surface area contributed by atoms with E-state index in [1.54, 1.807) is 13.2 Å². The van der Waals surface area contributed by atoms with Gasteiger partial charge in [-0.3, -0.25) is 10.1 Å². The molecule has 0 aliphatic heterocycles. The highest BCUT2D eigenvalue weighted by atomic mass is 32.2. The molecule has 0 heterocycles. The lowest BCUT2D eigenvalue weighted by molar-refractivity contribution is -0.384. The van der Waals surface area contributed by atoms with Crippen molar-refractivity contribution in [1.29, 1.82) is 5.26 Å². The summed E-state index contributed by atoms with van der Waals surface area (Å²) in [7, 11) is 1.61. The predicted molar refractivity (Wildman–Crippen MR) is 80.4 cm³/mol. The van der Waals surface area contributed by atoms with Crippen molar-refractivity contribution in [3.63, 3.8) is 0 Å². The van der Waals surface area contributed by atoms with Gasteiger partial charge in [-0.1, -0.05) is 18.2 Å². The molecular weight excluding hydrogens is 288 g/mol. The van der Waals surface area contributed by atoms with Gasteiger partial charge >= 0.3 is 0 Å². The molecule has 0 atom stereocenters. The van der Waals surface area contributed by atoms with Crippen LogP contribution in [0, 0.1) is 21.4 Å². The van der Waals surface area contributed by atoms with Crippen LogP contribution in [-0.2, 0) is 5.75 Å². The number of para-hydroxylation sites is 1. The Morgan fingerprint density at radius 3 is 2.76 bits per heavy atom. The molecule has 2 rings (SSSR count). The maximum Gasteiger partial charge on any atom is 0.270 e. The molecule has 2 aromatic rings. The summed E-state index contributed by atoms with van der Waals surface area (Å²) in [6.45, 7) is 0. The molecule has 0 spiro atoms. The van der Waals surface area contributed by atoms with Crippen LogP contribution in [0.4, 0.5) is 5.69 Å². The van der Waals surface area contributed by atoms with E-state index in [1.165, 1.54) is 23.9 Å². The largest absolute Gasteiger partial charge is 0.496 e. The topological polar surface area (TPSA) is 76.2 Å². The van der Waals surface area contributed by atoms with Gasteiger partial charge in [-0.2, -0.15) is 5.26 Å². The van der Waals surface area contributed by atoms with Gasteiger partial charge in [0.15, 0.2) is 0 Å². The smallest absolute Gasteiger partial charge is 0.270 e. The highest BCUT2D eigenvalue weighted by molar-refractivity contribution is 7.98. The summed E-state index contributed by atoms with van der Waals surface area (Å²) in [5.41, 5.74) is 1.24. The van der Waals surface area contributed by atoms with E-state index in [9.17, 15) is 10.1 Å². The van der Waals surface area contributed by atoms with Crippen LogP contribution in [-0.4, -0.2) is 12.0 Å². The second-order valence-electron chi connectivity index (χ2n) is 4.15. The van der Waals surface area contributed by atoms with Crippen LogP contribution in [0.25, 0.3) is 0 Å². The van der Waals surface area contributed by atoms with Crippen LogP contribution in [0.15, 0.2) is 47.4 Å². The van der Waals surface area contributed by atoms with Gasteiger partial charge in [0.05, 0.1) is 17.6 Å². The van der Waals surface area contributed by atoms with Crippen LogP contribution in [0.5, 0.6) is 5.75 Å². The summed E-state index contributed by atoms with van der Waals surface area (Å²) in [4.78, 5) is 10.9. The van der Waals surface area contributed by atoms with E-state index >= 15 is 0 Å². The third-order valence-corrected chi connectivity index (χ3v) is 3.99. The molecule has 0 N–H and O–H groups in total.